The van der Waals surface area contributed by atoms with Crippen molar-refractivity contribution in [2.75, 3.05) is 5.75 Å². The smallest absolute Gasteiger partial charge is 0.249 e. The summed E-state index contributed by atoms with van der Waals surface area (Å²) in [5, 5.41) is 1.82. The summed E-state index contributed by atoms with van der Waals surface area (Å²) < 4.78 is 2.73. The van der Waals surface area contributed by atoms with E-state index in [0.717, 1.165) is 15.1 Å². The van der Waals surface area contributed by atoms with Gasteiger partial charge in [-0.15, -0.1) is 11.8 Å². The number of aryl methyl sites for hydroxylation is 1. The van der Waals surface area contributed by atoms with E-state index in [1.165, 1.54) is 11.3 Å². The first-order valence-corrected chi connectivity index (χ1v) is 10.3. The standard InChI is InChI=1S/C17H13Cl3N2OS2/c1-22-16-13(20)8-11(19)9-14(16)25-17(22)21-15(23)6-7-24-12-4-2-10(18)3-5-12/h2-5,8-9H,6-7H2,1H3. The van der Waals surface area contributed by atoms with Crippen LogP contribution in [0.1, 0.15) is 6.42 Å². The van der Waals surface area contributed by atoms with Crippen LogP contribution in [0.2, 0.25) is 15.1 Å². The zero-order valence-electron chi connectivity index (χ0n) is 13.1. The maximum absolute atomic E-state index is 12.2. The van der Waals surface area contributed by atoms with Crippen molar-refractivity contribution in [2.24, 2.45) is 12.0 Å². The predicted molar refractivity (Wildman–Crippen MR) is 108 cm³/mol. The molecule has 0 saturated carbocycles. The van der Waals surface area contributed by atoms with Gasteiger partial charge >= 0.3 is 0 Å². The van der Waals surface area contributed by atoms with Crippen LogP contribution in [0.3, 0.4) is 0 Å². The number of thiazole rings is 1. The molecule has 0 unspecified atom stereocenters. The average Bonchev–Trinajstić information content (AvgIpc) is 2.85. The molecule has 0 fully saturated rings. The molecule has 0 bridgehead atoms. The number of aromatic nitrogens is 1. The number of rotatable bonds is 4. The largest absolute Gasteiger partial charge is 0.318 e. The summed E-state index contributed by atoms with van der Waals surface area (Å²) in [5.41, 5.74) is 0.832. The first-order chi connectivity index (χ1) is 11.9. The van der Waals surface area contributed by atoms with Crippen molar-refractivity contribution in [3.8, 4) is 0 Å². The van der Waals surface area contributed by atoms with Crippen LogP contribution in [-0.4, -0.2) is 16.2 Å². The molecule has 0 N–H and O–H groups in total. The Kier molecular flexibility index (Phi) is 6.12. The van der Waals surface area contributed by atoms with Gasteiger partial charge in [0.1, 0.15) is 0 Å². The molecule has 0 spiro atoms. The van der Waals surface area contributed by atoms with E-state index in [1.54, 1.807) is 17.8 Å². The van der Waals surface area contributed by atoms with Gasteiger partial charge in [0, 0.05) is 34.2 Å². The lowest BCUT2D eigenvalue weighted by atomic mass is 10.3. The van der Waals surface area contributed by atoms with Gasteiger partial charge in [0.25, 0.3) is 0 Å². The van der Waals surface area contributed by atoms with Crippen molar-refractivity contribution in [1.29, 1.82) is 0 Å². The van der Waals surface area contributed by atoms with Crippen molar-refractivity contribution in [3.05, 3.63) is 56.3 Å². The van der Waals surface area contributed by atoms with Crippen LogP contribution in [0.25, 0.3) is 10.2 Å². The van der Waals surface area contributed by atoms with Crippen molar-refractivity contribution >= 4 is 74.0 Å². The van der Waals surface area contributed by atoms with Crippen molar-refractivity contribution in [3.63, 3.8) is 0 Å². The van der Waals surface area contributed by atoms with Gasteiger partial charge in [0.2, 0.25) is 5.91 Å². The lowest BCUT2D eigenvalue weighted by Crippen LogP contribution is -2.13. The second kappa shape index (κ2) is 8.14. The number of benzene rings is 2. The van der Waals surface area contributed by atoms with Gasteiger partial charge in [-0.3, -0.25) is 4.79 Å². The third-order valence-electron chi connectivity index (χ3n) is 3.44. The Labute approximate surface area is 168 Å². The molecule has 0 radical (unpaired) electrons. The molecule has 3 rings (SSSR count). The lowest BCUT2D eigenvalue weighted by Gasteiger charge is -2.00. The van der Waals surface area contributed by atoms with Gasteiger partial charge in [-0.05, 0) is 36.4 Å². The Morgan fingerprint density at radius 1 is 1.16 bits per heavy atom. The molecule has 130 valence electrons. The molecule has 1 heterocycles. The van der Waals surface area contributed by atoms with Crippen LogP contribution in [-0.2, 0) is 11.8 Å². The highest BCUT2D eigenvalue weighted by Crippen LogP contribution is 2.29. The number of thioether (sulfide) groups is 1. The van der Waals surface area contributed by atoms with Crippen LogP contribution in [0.15, 0.2) is 46.3 Å². The van der Waals surface area contributed by atoms with Crippen LogP contribution in [0.4, 0.5) is 0 Å². The lowest BCUT2D eigenvalue weighted by molar-refractivity contribution is -0.117. The molecule has 0 atom stereocenters. The Morgan fingerprint density at radius 2 is 1.88 bits per heavy atom. The van der Waals surface area contributed by atoms with Gasteiger partial charge < -0.3 is 4.57 Å². The molecule has 1 amide bonds. The number of carbonyl (C=O) groups is 1. The number of fused-ring (bicyclic) bond motifs is 1. The minimum atomic E-state index is -0.161. The molecule has 2 aromatic carbocycles. The summed E-state index contributed by atoms with van der Waals surface area (Å²) in [6.45, 7) is 0. The molecule has 0 aliphatic heterocycles. The Bertz CT molecular complexity index is 994. The molecular weight excluding hydrogens is 419 g/mol. The maximum Gasteiger partial charge on any atom is 0.249 e. The van der Waals surface area contributed by atoms with Crippen molar-refractivity contribution < 1.29 is 4.79 Å². The zero-order valence-corrected chi connectivity index (χ0v) is 17.0. The average molecular weight is 432 g/mol. The maximum atomic E-state index is 12.2. The fraction of sp³-hybridized carbons (Fsp3) is 0.176. The van der Waals surface area contributed by atoms with Crippen molar-refractivity contribution in [1.82, 2.24) is 4.57 Å². The van der Waals surface area contributed by atoms with Gasteiger partial charge in [0.15, 0.2) is 4.80 Å². The number of hydrogen-bond acceptors (Lipinski definition) is 3. The second-order valence-electron chi connectivity index (χ2n) is 5.24. The van der Waals surface area contributed by atoms with Crippen LogP contribution < -0.4 is 4.80 Å². The minimum Gasteiger partial charge on any atom is -0.318 e. The monoisotopic (exact) mass is 430 g/mol. The van der Waals surface area contributed by atoms with Crippen LogP contribution in [0, 0.1) is 0 Å². The highest BCUT2D eigenvalue weighted by molar-refractivity contribution is 7.99. The molecule has 1 aromatic heterocycles. The number of nitrogens with zero attached hydrogens (tertiary/aromatic N) is 2. The third kappa shape index (κ3) is 4.60. The molecule has 3 nitrogen and oxygen atoms in total. The first kappa shape index (κ1) is 18.8. The predicted octanol–water partition coefficient (Wildman–Crippen LogP) is 5.81. The topological polar surface area (TPSA) is 34.4 Å². The number of carbonyl (C=O) groups excluding carboxylic acids is 1. The number of halogens is 3. The summed E-state index contributed by atoms with van der Waals surface area (Å²) >= 11 is 21.1. The van der Waals surface area contributed by atoms with Gasteiger partial charge in [-0.25, -0.2) is 0 Å². The van der Waals surface area contributed by atoms with E-state index in [2.05, 4.69) is 4.99 Å². The highest BCUT2D eigenvalue weighted by atomic mass is 35.5. The van der Waals surface area contributed by atoms with E-state index in [9.17, 15) is 4.79 Å². The van der Waals surface area contributed by atoms with Gasteiger partial charge in [-0.1, -0.05) is 46.1 Å². The Morgan fingerprint density at radius 3 is 2.60 bits per heavy atom. The Balaban J connectivity index is 1.73. The summed E-state index contributed by atoms with van der Waals surface area (Å²) in [7, 11) is 1.84. The van der Waals surface area contributed by atoms with E-state index in [0.29, 0.717) is 32.0 Å². The third-order valence-corrected chi connectivity index (χ3v) is 6.29. The summed E-state index contributed by atoms with van der Waals surface area (Å²) in [5.74, 6) is 0.497. The zero-order chi connectivity index (χ0) is 18.0. The first-order valence-electron chi connectivity index (χ1n) is 7.34. The number of amides is 1. The summed E-state index contributed by atoms with van der Waals surface area (Å²) in [6.07, 6.45) is 0.357. The van der Waals surface area contributed by atoms with E-state index in [-0.39, 0.29) is 5.91 Å². The second-order valence-corrected chi connectivity index (χ2v) is 8.69. The van der Waals surface area contributed by atoms with E-state index in [4.69, 9.17) is 34.8 Å². The van der Waals surface area contributed by atoms with Gasteiger partial charge in [0.05, 0.1) is 15.2 Å². The molecular formula is C17H13Cl3N2OS2. The van der Waals surface area contributed by atoms with Gasteiger partial charge in [-0.2, -0.15) is 4.99 Å². The fourth-order valence-electron chi connectivity index (χ4n) is 2.26. The van der Waals surface area contributed by atoms with Crippen LogP contribution in [0.5, 0.6) is 0 Å². The summed E-state index contributed by atoms with van der Waals surface area (Å²) in [4.78, 5) is 18.1. The SMILES string of the molecule is Cn1c(=NC(=O)CCSc2ccc(Cl)cc2)sc2cc(Cl)cc(Cl)c21. The molecule has 0 saturated heterocycles. The van der Waals surface area contributed by atoms with E-state index < -0.39 is 0 Å². The Hall–Kier alpha value is -0.980. The quantitative estimate of drug-likeness (QED) is 0.488. The number of hydrogen-bond donors (Lipinski definition) is 0. The molecule has 8 heteroatoms. The van der Waals surface area contributed by atoms with Crippen LogP contribution >= 0.6 is 57.9 Å². The van der Waals surface area contributed by atoms with E-state index >= 15 is 0 Å². The molecule has 3 aromatic rings. The molecule has 0 aliphatic carbocycles. The minimum absolute atomic E-state index is 0.161. The molecule has 25 heavy (non-hydrogen) atoms. The fourth-order valence-corrected chi connectivity index (χ4v) is 5.07. The molecule has 0 aliphatic rings. The normalized spacial score (nSPS) is 12.1. The summed E-state index contributed by atoms with van der Waals surface area (Å²) in [6, 6.07) is 11.1. The van der Waals surface area contributed by atoms with Crippen molar-refractivity contribution in [2.45, 2.75) is 11.3 Å². The highest BCUT2D eigenvalue weighted by Gasteiger charge is 2.10. The van der Waals surface area contributed by atoms with E-state index in [1.807, 2.05) is 41.9 Å².